The molecule has 3 nitrogen and oxygen atoms in total. The zero-order valence-electron chi connectivity index (χ0n) is 22.5. The second-order valence-corrected chi connectivity index (χ2v) is 7.70. The lowest BCUT2D eigenvalue weighted by atomic mass is 9.98. The van der Waals surface area contributed by atoms with Gasteiger partial charge < -0.3 is 4.42 Å². The Kier molecular flexibility index (Phi) is 3.25. The average molecular weight is 409 g/mol. The summed E-state index contributed by atoms with van der Waals surface area (Å²) in [6.45, 7) is 8.78. The first-order valence-corrected chi connectivity index (χ1v) is 9.98. The lowest BCUT2D eigenvalue weighted by Crippen LogP contribution is -2.35. The number of rotatable bonds is 2. The Bertz CT molecular complexity index is 1700. The fourth-order valence-corrected chi connectivity index (χ4v) is 4.09. The van der Waals surface area contributed by atoms with Crippen LogP contribution in [0.1, 0.15) is 23.7 Å². The number of aromatic nitrogens is 1. The molecule has 0 unspecified atom stereocenters. The first-order valence-electron chi connectivity index (χ1n) is 12.5. The molecule has 0 saturated carbocycles. The number of benzene rings is 3. The molecule has 2 heterocycles. The highest BCUT2D eigenvalue weighted by atomic mass is 16.3. The summed E-state index contributed by atoms with van der Waals surface area (Å²) in [6, 6.07) is 16.8. The highest BCUT2D eigenvalue weighted by Crippen LogP contribution is 2.42. The van der Waals surface area contributed by atoms with Crippen LogP contribution in [0.5, 0.6) is 0 Å². The van der Waals surface area contributed by atoms with Crippen molar-refractivity contribution >= 4 is 27.6 Å². The number of nitrogens with zero attached hydrogens (tertiary/aromatic N) is 2. The minimum Gasteiger partial charge on any atom is -0.457 e. The fraction of sp³-hybridized carbons (Fsp3) is 0.143. The van der Waals surface area contributed by atoms with E-state index in [0.29, 0.717) is 33.8 Å². The lowest BCUT2D eigenvalue weighted by molar-refractivity contribution is -0.667. The number of hydrogen-bond donors (Lipinski definition) is 0. The van der Waals surface area contributed by atoms with Crippen LogP contribution in [-0.2, 0) is 7.05 Å². The molecule has 0 aliphatic carbocycles. The second kappa shape index (κ2) is 7.11. The molecule has 0 N–H and O–H groups in total. The molecule has 0 bridgehead atoms. The molecule has 3 aromatic carbocycles. The van der Waals surface area contributed by atoms with Crippen molar-refractivity contribution in [3.63, 3.8) is 0 Å². The third-order valence-corrected chi connectivity index (χ3v) is 5.91. The van der Waals surface area contributed by atoms with Gasteiger partial charge in [0.25, 0.3) is 0 Å². The molecule has 5 rings (SSSR count). The molecular formula is C28H23N2O+. The Morgan fingerprint density at radius 3 is 2.55 bits per heavy atom. The van der Waals surface area contributed by atoms with Gasteiger partial charge in [-0.15, -0.1) is 0 Å². The molecule has 0 saturated heterocycles. The summed E-state index contributed by atoms with van der Waals surface area (Å²) in [5.74, 6) is 0. The average Bonchev–Trinajstić information content (AvgIpc) is 3.19. The van der Waals surface area contributed by atoms with Gasteiger partial charge in [0, 0.05) is 39.0 Å². The minimum atomic E-state index is -2.49. The molecule has 0 aliphatic heterocycles. The standard InChI is InChI=1S/C28H23N2O/c1-17-11-14-25(30(5)19(17)3)22-16-26-23(15-18(22)2)21-12-13-24(29-4)27(28(21)31-26)20-9-7-6-8-10-20/h6-16H,1-3,5H3/q+1/i1D3,11D,14D. The van der Waals surface area contributed by atoms with Crippen molar-refractivity contribution in [2.45, 2.75) is 20.7 Å². The van der Waals surface area contributed by atoms with Crippen LogP contribution in [0.25, 0.3) is 49.2 Å². The van der Waals surface area contributed by atoms with Crippen molar-refractivity contribution < 1.29 is 15.8 Å². The molecule has 0 spiro atoms. The van der Waals surface area contributed by atoms with Crippen molar-refractivity contribution in [1.29, 1.82) is 0 Å². The maximum atomic E-state index is 8.68. The quantitative estimate of drug-likeness (QED) is 0.223. The zero-order chi connectivity index (χ0) is 25.9. The Labute approximate surface area is 189 Å². The highest BCUT2D eigenvalue weighted by molar-refractivity contribution is 6.13. The molecule has 0 radical (unpaired) electrons. The molecular weight excluding hydrogens is 380 g/mol. The summed E-state index contributed by atoms with van der Waals surface area (Å²) >= 11 is 0. The molecule has 0 amide bonds. The number of pyridine rings is 1. The van der Waals surface area contributed by atoms with Crippen molar-refractivity contribution in [3.8, 4) is 22.4 Å². The fourth-order valence-electron chi connectivity index (χ4n) is 4.09. The summed E-state index contributed by atoms with van der Waals surface area (Å²) in [6.07, 6.45) is 0. The smallest absolute Gasteiger partial charge is 0.212 e. The van der Waals surface area contributed by atoms with Crippen LogP contribution in [0.2, 0.25) is 0 Å². The maximum absolute atomic E-state index is 8.68. The van der Waals surface area contributed by atoms with E-state index >= 15 is 0 Å². The monoisotopic (exact) mass is 408 g/mol. The van der Waals surface area contributed by atoms with Crippen LogP contribution >= 0.6 is 0 Å². The summed E-state index contributed by atoms with van der Waals surface area (Å²) in [4.78, 5) is 3.72. The Balaban J connectivity index is 1.83. The van der Waals surface area contributed by atoms with E-state index in [2.05, 4.69) is 4.85 Å². The van der Waals surface area contributed by atoms with E-state index in [1.165, 1.54) is 0 Å². The van der Waals surface area contributed by atoms with E-state index in [1.807, 2.05) is 55.5 Å². The summed E-state index contributed by atoms with van der Waals surface area (Å²) in [7, 11) is 1.72. The number of hydrogen-bond acceptors (Lipinski definition) is 1. The van der Waals surface area contributed by atoms with Crippen LogP contribution in [-0.4, -0.2) is 0 Å². The Morgan fingerprint density at radius 2 is 1.81 bits per heavy atom. The van der Waals surface area contributed by atoms with E-state index in [9.17, 15) is 0 Å². The first-order chi connectivity index (χ1) is 17.0. The van der Waals surface area contributed by atoms with Crippen molar-refractivity contribution in [1.82, 2.24) is 0 Å². The van der Waals surface area contributed by atoms with Gasteiger partial charge in [-0.3, -0.25) is 0 Å². The molecule has 31 heavy (non-hydrogen) atoms. The summed E-state index contributed by atoms with van der Waals surface area (Å²) in [5.41, 5.74) is 5.65. The Hall–Kier alpha value is -3.90. The molecule has 0 fully saturated rings. The van der Waals surface area contributed by atoms with Crippen LogP contribution in [0.3, 0.4) is 0 Å². The zero-order valence-corrected chi connectivity index (χ0v) is 17.5. The predicted octanol–water partition coefficient (Wildman–Crippen LogP) is 7.22. The molecule has 0 aliphatic rings. The first kappa shape index (κ1) is 14.2. The van der Waals surface area contributed by atoms with Crippen LogP contribution < -0.4 is 4.57 Å². The van der Waals surface area contributed by atoms with Crippen LogP contribution in [0.15, 0.2) is 71.1 Å². The topological polar surface area (TPSA) is 21.4 Å². The van der Waals surface area contributed by atoms with Gasteiger partial charge in [0.15, 0.2) is 11.4 Å². The Morgan fingerprint density at radius 1 is 1.00 bits per heavy atom. The lowest BCUT2D eigenvalue weighted by Gasteiger charge is -2.08. The van der Waals surface area contributed by atoms with E-state index in [4.69, 9.17) is 17.8 Å². The highest BCUT2D eigenvalue weighted by Gasteiger charge is 2.21. The number of furan rings is 1. The van der Waals surface area contributed by atoms with Gasteiger partial charge in [0.1, 0.15) is 18.2 Å². The van der Waals surface area contributed by atoms with E-state index in [-0.39, 0.29) is 17.6 Å². The van der Waals surface area contributed by atoms with E-state index < -0.39 is 6.85 Å². The van der Waals surface area contributed by atoms with Gasteiger partial charge >= 0.3 is 0 Å². The van der Waals surface area contributed by atoms with Gasteiger partial charge in [-0.05, 0) is 43.1 Å². The maximum Gasteiger partial charge on any atom is 0.212 e. The van der Waals surface area contributed by atoms with Gasteiger partial charge in [-0.25, -0.2) is 4.85 Å². The van der Waals surface area contributed by atoms with E-state index in [1.54, 1.807) is 24.6 Å². The van der Waals surface area contributed by atoms with Gasteiger partial charge in [-0.1, -0.05) is 42.5 Å². The molecule has 2 aromatic heterocycles. The molecule has 150 valence electrons. The third-order valence-electron chi connectivity index (χ3n) is 5.91. The third kappa shape index (κ3) is 2.92. The van der Waals surface area contributed by atoms with Crippen molar-refractivity contribution in [2.24, 2.45) is 7.05 Å². The SMILES string of the molecule is [2H]c1c([2H])c(-c2cc3oc4c(-c5ccccc5)c([N+]#[C-])ccc4c3cc2C)[n+](C)c(C)c1C([2H])([2H])[2H]. The van der Waals surface area contributed by atoms with Crippen molar-refractivity contribution in [2.75, 3.05) is 0 Å². The second-order valence-electron chi connectivity index (χ2n) is 7.70. The van der Waals surface area contributed by atoms with Gasteiger partial charge in [0.05, 0.1) is 14.9 Å². The minimum absolute atomic E-state index is 0.111. The van der Waals surface area contributed by atoms with Gasteiger partial charge in [-0.2, -0.15) is 4.57 Å². The molecule has 3 heteroatoms. The summed E-state index contributed by atoms with van der Waals surface area (Å²) in [5, 5.41) is 1.77. The molecule has 5 aromatic rings. The van der Waals surface area contributed by atoms with Gasteiger partial charge in [0.2, 0.25) is 5.69 Å². The number of fused-ring (bicyclic) bond motifs is 3. The largest absolute Gasteiger partial charge is 0.457 e. The summed E-state index contributed by atoms with van der Waals surface area (Å²) < 4.78 is 48.7. The van der Waals surface area contributed by atoms with Crippen molar-refractivity contribution in [3.05, 3.63) is 94.9 Å². The predicted molar refractivity (Wildman–Crippen MR) is 126 cm³/mol. The van der Waals surface area contributed by atoms with Crippen LogP contribution in [0.4, 0.5) is 5.69 Å². The molecule has 0 atom stereocenters. The number of aryl methyl sites for hydroxylation is 1. The van der Waals surface area contributed by atoms with E-state index in [0.717, 1.165) is 27.5 Å². The van der Waals surface area contributed by atoms with Crippen LogP contribution in [0, 0.1) is 27.3 Å². The normalized spacial score (nSPS) is 13.9.